The van der Waals surface area contributed by atoms with Gasteiger partial charge in [0.25, 0.3) is 5.91 Å². The molecule has 2 aromatic rings. The summed E-state index contributed by atoms with van der Waals surface area (Å²) in [6.07, 6.45) is 0.198. The number of carbonyl (C=O) groups excluding carboxylic acids is 2. The van der Waals surface area contributed by atoms with Crippen molar-refractivity contribution < 1.29 is 19.1 Å². The molecule has 1 aliphatic rings. The van der Waals surface area contributed by atoms with E-state index in [4.69, 9.17) is 0 Å². The number of aliphatic hydroxyl groups is 1. The lowest BCUT2D eigenvalue weighted by Crippen LogP contribution is -2.29. The molecule has 1 atom stereocenters. The Bertz CT molecular complexity index is 794. The third-order valence-corrected chi connectivity index (χ3v) is 4.21. The van der Waals surface area contributed by atoms with Crippen LogP contribution in [0.25, 0.3) is 0 Å². The number of amides is 2. The summed E-state index contributed by atoms with van der Waals surface area (Å²) in [6, 6.07) is 12.7. The van der Waals surface area contributed by atoms with E-state index in [-0.39, 0.29) is 23.9 Å². The molecule has 130 valence electrons. The number of benzene rings is 2. The monoisotopic (exact) mass is 342 g/mol. The number of nitrogens with zero attached hydrogens (tertiary/aromatic N) is 1. The molecule has 1 aliphatic heterocycles. The summed E-state index contributed by atoms with van der Waals surface area (Å²) in [4.78, 5) is 25.8. The van der Waals surface area contributed by atoms with Crippen LogP contribution in [0.15, 0.2) is 48.5 Å². The molecule has 0 radical (unpaired) electrons. The Labute approximate surface area is 145 Å². The van der Waals surface area contributed by atoms with E-state index in [1.807, 2.05) is 0 Å². The zero-order chi connectivity index (χ0) is 17.8. The molecule has 25 heavy (non-hydrogen) atoms. The second-order valence-corrected chi connectivity index (χ2v) is 5.95. The van der Waals surface area contributed by atoms with E-state index in [1.165, 1.54) is 18.2 Å². The summed E-state index contributed by atoms with van der Waals surface area (Å²) in [5, 5.41) is 12.6. The van der Waals surface area contributed by atoms with Crippen LogP contribution in [0.5, 0.6) is 0 Å². The number of rotatable bonds is 5. The van der Waals surface area contributed by atoms with Crippen LogP contribution in [0, 0.1) is 5.82 Å². The maximum Gasteiger partial charge on any atom is 0.251 e. The van der Waals surface area contributed by atoms with Crippen LogP contribution in [0.4, 0.5) is 10.1 Å². The second-order valence-electron chi connectivity index (χ2n) is 5.95. The first-order valence-corrected chi connectivity index (χ1v) is 8.17. The van der Waals surface area contributed by atoms with E-state index >= 15 is 0 Å². The predicted molar refractivity (Wildman–Crippen MR) is 91.7 cm³/mol. The zero-order valence-electron chi connectivity index (χ0n) is 13.6. The van der Waals surface area contributed by atoms with E-state index in [1.54, 1.807) is 35.2 Å². The van der Waals surface area contributed by atoms with E-state index < -0.39 is 11.9 Å². The van der Waals surface area contributed by atoms with E-state index in [0.29, 0.717) is 24.2 Å². The topological polar surface area (TPSA) is 69.6 Å². The average molecular weight is 342 g/mol. The molecule has 2 aromatic carbocycles. The van der Waals surface area contributed by atoms with Gasteiger partial charge in [0.2, 0.25) is 5.91 Å². The minimum Gasteiger partial charge on any atom is -0.386 e. The number of halogens is 1. The Balaban J connectivity index is 1.65. The molecule has 0 bridgehead atoms. The molecule has 2 N–H and O–H groups in total. The third-order valence-electron chi connectivity index (χ3n) is 4.21. The number of hydrogen-bond acceptors (Lipinski definition) is 3. The van der Waals surface area contributed by atoms with Crippen LogP contribution in [0.1, 0.15) is 34.9 Å². The third kappa shape index (κ3) is 3.85. The zero-order valence-corrected chi connectivity index (χ0v) is 13.6. The Kier molecular flexibility index (Phi) is 5.09. The largest absolute Gasteiger partial charge is 0.386 e. The predicted octanol–water partition coefficient (Wildman–Crippen LogP) is 2.42. The van der Waals surface area contributed by atoms with Crippen molar-refractivity contribution >= 4 is 17.5 Å². The highest BCUT2D eigenvalue weighted by molar-refractivity contribution is 5.99. The van der Waals surface area contributed by atoms with Gasteiger partial charge >= 0.3 is 0 Å². The summed E-state index contributed by atoms with van der Waals surface area (Å²) in [5.41, 5.74) is 1.21. The van der Waals surface area contributed by atoms with Gasteiger partial charge in [0.05, 0.1) is 6.10 Å². The lowest BCUT2D eigenvalue weighted by molar-refractivity contribution is -0.117. The quantitative estimate of drug-likeness (QED) is 0.877. The maximum atomic E-state index is 13.6. The SMILES string of the molecule is O=C(NC[C@@H](O)c1ccccc1F)c1cccc(N2CCCC2=O)c1. The van der Waals surface area contributed by atoms with Crippen LogP contribution >= 0.6 is 0 Å². The molecule has 0 spiro atoms. The van der Waals surface area contributed by atoms with E-state index in [0.717, 1.165) is 6.42 Å². The summed E-state index contributed by atoms with van der Waals surface area (Å²) < 4.78 is 13.6. The normalized spacial score (nSPS) is 15.3. The van der Waals surface area contributed by atoms with E-state index in [9.17, 15) is 19.1 Å². The van der Waals surface area contributed by atoms with Crippen molar-refractivity contribution in [1.29, 1.82) is 0 Å². The number of aliphatic hydroxyl groups excluding tert-OH is 1. The maximum absolute atomic E-state index is 13.6. The summed E-state index contributed by atoms with van der Waals surface area (Å²) >= 11 is 0. The minimum absolute atomic E-state index is 0.0486. The van der Waals surface area contributed by atoms with Crippen LogP contribution < -0.4 is 10.2 Å². The fourth-order valence-electron chi connectivity index (χ4n) is 2.88. The van der Waals surface area contributed by atoms with Gasteiger partial charge in [0.15, 0.2) is 0 Å². The highest BCUT2D eigenvalue weighted by atomic mass is 19.1. The van der Waals surface area contributed by atoms with Gasteiger partial charge in [-0.15, -0.1) is 0 Å². The lowest BCUT2D eigenvalue weighted by Gasteiger charge is -2.17. The van der Waals surface area contributed by atoms with Gasteiger partial charge in [-0.05, 0) is 30.7 Å². The molecule has 0 saturated carbocycles. The fraction of sp³-hybridized carbons (Fsp3) is 0.263. The molecule has 1 saturated heterocycles. The molecule has 0 aliphatic carbocycles. The van der Waals surface area contributed by atoms with Gasteiger partial charge in [0.1, 0.15) is 5.82 Å². The van der Waals surface area contributed by atoms with Crippen molar-refractivity contribution in [2.75, 3.05) is 18.0 Å². The van der Waals surface area contributed by atoms with Crippen LogP contribution in [-0.4, -0.2) is 30.0 Å². The Morgan fingerprint density at radius 2 is 2.04 bits per heavy atom. The van der Waals surface area contributed by atoms with Gasteiger partial charge in [0, 0.05) is 36.3 Å². The van der Waals surface area contributed by atoms with Gasteiger partial charge in [-0.2, -0.15) is 0 Å². The van der Waals surface area contributed by atoms with Crippen LogP contribution in [-0.2, 0) is 4.79 Å². The van der Waals surface area contributed by atoms with E-state index in [2.05, 4.69) is 5.32 Å². The standard InChI is InChI=1S/C19H19FN2O3/c20-16-8-2-1-7-15(16)17(23)12-21-19(25)13-5-3-6-14(11-13)22-10-4-9-18(22)24/h1-3,5-8,11,17,23H,4,9-10,12H2,(H,21,25)/t17-/m1/s1. The molecule has 3 rings (SSSR count). The molecule has 6 heteroatoms. The van der Waals surface area contributed by atoms with Gasteiger partial charge in [-0.25, -0.2) is 4.39 Å². The average Bonchev–Trinajstić information content (AvgIpc) is 3.06. The molecular formula is C19H19FN2O3. The fourth-order valence-corrected chi connectivity index (χ4v) is 2.88. The first kappa shape index (κ1) is 17.1. The van der Waals surface area contributed by atoms with Crippen molar-refractivity contribution in [3.8, 4) is 0 Å². The molecule has 1 fully saturated rings. The lowest BCUT2D eigenvalue weighted by atomic mass is 10.1. The minimum atomic E-state index is -1.13. The summed E-state index contributed by atoms with van der Waals surface area (Å²) in [7, 11) is 0. The molecule has 1 heterocycles. The Morgan fingerprint density at radius 1 is 1.24 bits per heavy atom. The molecule has 2 amide bonds. The van der Waals surface area contributed by atoms with Gasteiger partial charge in [-0.1, -0.05) is 24.3 Å². The van der Waals surface area contributed by atoms with Gasteiger partial charge in [-0.3, -0.25) is 9.59 Å². The first-order chi connectivity index (χ1) is 12.1. The first-order valence-electron chi connectivity index (χ1n) is 8.17. The van der Waals surface area contributed by atoms with Gasteiger partial charge < -0.3 is 15.3 Å². The number of nitrogens with one attached hydrogen (secondary N) is 1. The van der Waals surface area contributed by atoms with Crippen molar-refractivity contribution in [2.24, 2.45) is 0 Å². The van der Waals surface area contributed by atoms with Crippen molar-refractivity contribution in [1.82, 2.24) is 5.32 Å². The Morgan fingerprint density at radius 3 is 2.76 bits per heavy atom. The van der Waals surface area contributed by atoms with Crippen molar-refractivity contribution in [3.05, 3.63) is 65.5 Å². The molecule has 5 nitrogen and oxygen atoms in total. The molecular weight excluding hydrogens is 323 g/mol. The molecule has 0 unspecified atom stereocenters. The summed E-state index contributed by atoms with van der Waals surface area (Å²) in [5.74, 6) is -0.852. The number of hydrogen-bond donors (Lipinski definition) is 2. The highest BCUT2D eigenvalue weighted by Crippen LogP contribution is 2.22. The summed E-state index contributed by atoms with van der Waals surface area (Å²) in [6.45, 7) is 0.544. The van der Waals surface area contributed by atoms with Crippen LogP contribution in [0.2, 0.25) is 0 Å². The Hall–Kier alpha value is -2.73. The molecule has 0 aromatic heterocycles. The highest BCUT2D eigenvalue weighted by Gasteiger charge is 2.22. The second kappa shape index (κ2) is 7.44. The van der Waals surface area contributed by atoms with Crippen LogP contribution in [0.3, 0.4) is 0 Å². The number of carbonyl (C=O) groups is 2. The van der Waals surface area contributed by atoms with Crippen molar-refractivity contribution in [3.63, 3.8) is 0 Å². The number of anilines is 1. The van der Waals surface area contributed by atoms with Crippen molar-refractivity contribution in [2.45, 2.75) is 18.9 Å². The smallest absolute Gasteiger partial charge is 0.251 e.